The molecule has 0 aliphatic carbocycles. The molecule has 88 valence electrons. The van der Waals surface area contributed by atoms with Crippen molar-refractivity contribution in [3.05, 3.63) is 47.7 Å². The van der Waals surface area contributed by atoms with Crippen molar-refractivity contribution in [2.24, 2.45) is 0 Å². The molecule has 0 aliphatic heterocycles. The van der Waals surface area contributed by atoms with Crippen LogP contribution < -0.4 is 5.32 Å². The van der Waals surface area contributed by atoms with Crippen molar-refractivity contribution in [2.45, 2.75) is 6.92 Å². The highest BCUT2D eigenvalue weighted by atomic mass is 19.2. The number of hydrogen-bond acceptors (Lipinski definition) is 3. The van der Waals surface area contributed by atoms with Crippen LogP contribution in [0.4, 0.5) is 24.7 Å². The van der Waals surface area contributed by atoms with Gasteiger partial charge in [-0.25, -0.2) is 23.1 Å². The topological polar surface area (TPSA) is 37.8 Å². The Labute approximate surface area is 95.3 Å². The number of anilines is 2. The zero-order valence-electron chi connectivity index (χ0n) is 8.84. The highest BCUT2D eigenvalue weighted by molar-refractivity contribution is 5.56. The number of halogens is 3. The summed E-state index contributed by atoms with van der Waals surface area (Å²) >= 11 is 0. The van der Waals surface area contributed by atoms with Crippen LogP contribution in [0.2, 0.25) is 0 Å². The van der Waals surface area contributed by atoms with Crippen LogP contribution in [-0.2, 0) is 0 Å². The van der Waals surface area contributed by atoms with Crippen molar-refractivity contribution in [1.29, 1.82) is 0 Å². The Morgan fingerprint density at radius 3 is 2.53 bits per heavy atom. The van der Waals surface area contributed by atoms with Crippen LogP contribution in [0.3, 0.4) is 0 Å². The van der Waals surface area contributed by atoms with Crippen LogP contribution in [0.1, 0.15) is 5.69 Å². The Balaban J connectivity index is 2.31. The summed E-state index contributed by atoms with van der Waals surface area (Å²) in [6, 6.07) is 3.16. The molecule has 17 heavy (non-hydrogen) atoms. The first-order chi connectivity index (χ1) is 8.08. The van der Waals surface area contributed by atoms with Crippen LogP contribution in [0.15, 0.2) is 24.5 Å². The van der Waals surface area contributed by atoms with Gasteiger partial charge in [-0.3, -0.25) is 0 Å². The van der Waals surface area contributed by atoms with Gasteiger partial charge in [0.1, 0.15) is 6.33 Å². The van der Waals surface area contributed by atoms with Crippen LogP contribution in [0.25, 0.3) is 0 Å². The highest BCUT2D eigenvalue weighted by Gasteiger charge is 2.09. The second-order valence-corrected chi connectivity index (χ2v) is 3.38. The Hall–Kier alpha value is -2.11. The second-order valence-electron chi connectivity index (χ2n) is 3.38. The molecule has 0 saturated heterocycles. The third-order valence-corrected chi connectivity index (χ3v) is 2.15. The van der Waals surface area contributed by atoms with E-state index < -0.39 is 17.5 Å². The van der Waals surface area contributed by atoms with E-state index in [0.29, 0.717) is 0 Å². The number of rotatable bonds is 2. The monoisotopic (exact) mass is 239 g/mol. The summed E-state index contributed by atoms with van der Waals surface area (Å²) in [6.07, 6.45) is 1.18. The minimum Gasteiger partial charge on any atom is -0.338 e. The Morgan fingerprint density at radius 2 is 1.82 bits per heavy atom. The first kappa shape index (κ1) is 11.4. The lowest BCUT2D eigenvalue weighted by atomic mass is 10.3. The van der Waals surface area contributed by atoms with Gasteiger partial charge in [0, 0.05) is 11.8 Å². The van der Waals surface area contributed by atoms with E-state index in [-0.39, 0.29) is 17.2 Å². The van der Waals surface area contributed by atoms with E-state index in [0.717, 1.165) is 12.1 Å². The molecule has 1 aromatic carbocycles. The summed E-state index contributed by atoms with van der Waals surface area (Å²) < 4.78 is 39.1. The molecule has 6 heteroatoms. The number of hydrogen-bond donors (Lipinski definition) is 1. The molecule has 1 heterocycles. The van der Waals surface area contributed by atoms with Gasteiger partial charge in [-0.2, -0.15) is 0 Å². The average molecular weight is 239 g/mol. The van der Waals surface area contributed by atoms with Gasteiger partial charge in [0.25, 0.3) is 0 Å². The van der Waals surface area contributed by atoms with Crippen molar-refractivity contribution < 1.29 is 13.2 Å². The largest absolute Gasteiger partial charge is 0.338 e. The second kappa shape index (κ2) is 4.40. The SMILES string of the molecule is Cc1ncnc(Nc2ccc(F)c(F)c2)c1F. The highest BCUT2D eigenvalue weighted by Crippen LogP contribution is 2.20. The van der Waals surface area contributed by atoms with Gasteiger partial charge < -0.3 is 5.32 Å². The van der Waals surface area contributed by atoms with Crippen molar-refractivity contribution >= 4 is 11.5 Å². The summed E-state index contributed by atoms with van der Waals surface area (Å²) in [6.45, 7) is 1.48. The van der Waals surface area contributed by atoms with E-state index in [9.17, 15) is 13.2 Å². The molecule has 0 fully saturated rings. The minimum atomic E-state index is -1.01. The molecule has 3 nitrogen and oxygen atoms in total. The smallest absolute Gasteiger partial charge is 0.186 e. The van der Waals surface area contributed by atoms with Crippen molar-refractivity contribution in [2.75, 3.05) is 5.32 Å². The van der Waals surface area contributed by atoms with Gasteiger partial charge in [-0.05, 0) is 19.1 Å². The van der Waals surface area contributed by atoms with E-state index in [2.05, 4.69) is 15.3 Å². The number of aryl methyl sites for hydroxylation is 1. The third kappa shape index (κ3) is 2.35. The maximum atomic E-state index is 13.5. The lowest BCUT2D eigenvalue weighted by Crippen LogP contribution is -2.01. The number of nitrogens with one attached hydrogen (secondary N) is 1. The maximum absolute atomic E-state index is 13.5. The van der Waals surface area contributed by atoms with E-state index in [4.69, 9.17) is 0 Å². The molecule has 0 spiro atoms. The molecule has 0 bridgehead atoms. The molecule has 1 N–H and O–H groups in total. The van der Waals surface area contributed by atoms with E-state index in [1.165, 1.54) is 19.3 Å². The van der Waals surface area contributed by atoms with Gasteiger partial charge in [0.2, 0.25) is 0 Å². The first-order valence-corrected chi connectivity index (χ1v) is 4.77. The summed E-state index contributed by atoms with van der Waals surface area (Å²) in [4.78, 5) is 7.33. The Bertz CT molecular complexity index is 558. The Kier molecular flexibility index (Phi) is 2.95. The summed E-state index contributed by atoms with van der Waals surface area (Å²) in [7, 11) is 0. The average Bonchev–Trinajstić information content (AvgIpc) is 2.30. The number of aromatic nitrogens is 2. The van der Waals surface area contributed by atoms with E-state index in [1.54, 1.807) is 0 Å². The molecule has 2 rings (SSSR count). The fraction of sp³-hybridized carbons (Fsp3) is 0.0909. The molecule has 0 unspecified atom stereocenters. The molecule has 0 atom stereocenters. The van der Waals surface area contributed by atoms with Gasteiger partial charge in [-0.1, -0.05) is 0 Å². The fourth-order valence-electron chi connectivity index (χ4n) is 1.26. The zero-order chi connectivity index (χ0) is 12.4. The molecule has 1 aromatic heterocycles. The molecule has 0 radical (unpaired) electrons. The van der Waals surface area contributed by atoms with Gasteiger partial charge in [0.05, 0.1) is 5.69 Å². The van der Waals surface area contributed by atoms with Gasteiger partial charge >= 0.3 is 0 Å². The molecular weight excluding hydrogens is 231 g/mol. The predicted octanol–water partition coefficient (Wildman–Crippen LogP) is 2.95. The Morgan fingerprint density at radius 1 is 1.06 bits per heavy atom. The lowest BCUT2D eigenvalue weighted by molar-refractivity contribution is 0.509. The molecule has 2 aromatic rings. The van der Waals surface area contributed by atoms with Gasteiger partial charge in [-0.15, -0.1) is 0 Å². The normalized spacial score (nSPS) is 10.4. The van der Waals surface area contributed by atoms with Crippen molar-refractivity contribution in [3.8, 4) is 0 Å². The lowest BCUT2D eigenvalue weighted by Gasteiger charge is -2.07. The van der Waals surface area contributed by atoms with E-state index in [1.807, 2.05) is 0 Å². The van der Waals surface area contributed by atoms with E-state index >= 15 is 0 Å². The molecule has 0 amide bonds. The third-order valence-electron chi connectivity index (χ3n) is 2.15. The van der Waals surface area contributed by atoms with Gasteiger partial charge in [0.15, 0.2) is 23.3 Å². The predicted molar refractivity (Wildman–Crippen MR) is 56.4 cm³/mol. The number of nitrogens with zero attached hydrogens (tertiary/aromatic N) is 2. The van der Waals surface area contributed by atoms with Crippen molar-refractivity contribution in [1.82, 2.24) is 9.97 Å². The summed E-state index contributed by atoms with van der Waals surface area (Å²) in [5.41, 5.74) is 0.381. The first-order valence-electron chi connectivity index (χ1n) is 4.77. The van der Waals surface area contributed by atoms with Crippen LogP contribution in [0.5, 0.6) is 0 Å². The number of benzene rings is 1. The fourth-order valence-corrected chi connectivity index (χ4v) is 1.26. The molecular formula is C11H8F3N3. The van der Waals surface area contributed by atoms with Crippen molar-refractivity contribution in [3.63, 3.8) is 0 Å². The van der Waals surface area contributed by atoms with Crippen LogP contribution >= 0.6 is 0 Å². The standard InChI is InChI=1S/C11H8F3N3/c1-6-10(14)11(16-5-15-6)17-7-2-3-8(12)9(13)4-7/h2-5H,1H3,(H,15,16,17). The van der Waals surface area contributed by atoms with Crippen LogP contribution in [-0.4, -0.2) is 9.97 Å². The maximum Gasteiger partial charge on any atom is 0.186 e. The minimum absolute atomic E-state index is 0.0801. The quantitative estimate of drug-likeness (QED) is 0.875. The molecule has 0 aliphatic rings. The summed E-state index contributed by atoms with van der Waals surface area (Å²) in [5, 5.41) is 2.55. The van der Waals surface area contributed by atoms with Crippen LogP contribution in [0, 0.1) is 24.4 Å². The zero-order valence-corrected chi connectivity index (χ0v) is 8.84. The molecule has 0 saturated carbocycles. The summed E-state index contributed by atoms with van der Waals surface area (Å²) in [5.74, 6) is -2.68.